The molecule has 2 aromatic carbocycles. The Bertz CT molecular complexity index is 1200. The van der Waals surface area contributed by atoms with Gasteiger partial charge in [-0.2, -0.15) is 0 Å². The SMILES string of the molecule is O=C1NCCOCCCCC2(CCN(C(=O)Cc3noc4ccccc34)CC2)COc2ccccc21. The molecule has 2 aliphatic rings. The van der Waals surface area contributed by atoms with E-state index in [0.29, 0.717) is 62.0 Å². The third kappa shape index (κ3) is 5.54. The first kappa shape index (κ1) is 24.3. The zero-order valence-electron chi connectivity index (χ0n) is 20.5. The minimum atomic E-state index is -0.152. The normalized spacial score (nSPS) is 19.2. The van der Waals surface area contributed by atoms with Gasteiger partial charge in [-0.3, -0.25) is 9.59 Å². The van der Waals surface area contributed by atoms with Crippen molar-refractivity contribution in [2.45, 2.75) is 38.5 Å². The minimum absolute atomic E-state index is 0.0505. The Kier molecular flexibility index (Phi) is 7.51. The Balaban J connectivity index is 1.26. The summed E-state index contributed by atoms with van der Waals surface area (Å²) in [5, 5.41) is 7.93. The van der Waals surface area contributed by atoms with Crippen LogP contribution in [0, 0.1) is 5.41 Å². The Morgan fingerprint density at radius 2 is 1.81 bits per heavy atom. The van der Waals surface area contributed by atoms with Crippen LogP contribution in [0.3, 0.4) is 0 Å². The first-order chi connectivity index (χ1) is 17.6. The number of piperidine rings is 1. The van der Waals surface area contributed by atoms with Gasteiger partial charge in [-0.25, -0.2) is 0 Å². The summed E-state index contributed by atoms with van der Waals surface area (Å²) in [6.07, 6.45) is 4.95. The Morgan fingerprint density at radius 3 is 2.69 bits per heavy atom. The van der Waals surface area contributed by atoms with Crippen molar-refractivity contribution in [1.82, 2.24) is 15.4 Å². The van der Waals surface area contributed by atoms with Gasteiger partial charge in [0.05, 0.1) is 25.2 Å². The number of benzene rings is 2. The maximum atomic E-state index is 13.1. The van der Waals surface area contributed by atoms with Crippen LogP contribution in [0.5, 0.6) is 5.75 Å². The third-order valence-electron chi connectivity index (χ3n) is 7.39. The molecular formula is C28H33N3O5. The van der Waals surface area contributed by atoms with Crippen molar-refractivity contribution < 1.29 is 23.6 Å². The number of ether oxygens (including phenoxy) is 2. The van der Waals surface area contributed by atoms with Gasteiger partial charge in [-0.1, -0.05) is 35.8 Å². The molecule has 1 saturated heterocycles. The molecule has 0 bridgehead atoms. The van der Waals surface area contributed by atoms with E-state index in [-0.39, 0.29) is 23.7 Å². The number of carbonyl (C=O) groups is 2. The van der Waals surface area contributed by atoms with Crippen LogP contribution in [0.1, 0.15) is 48.2 Å². The molecule has 1 N–H and O–H groups in total. The summed E-state index contributed by atoms with van der Waals surface area (Å²) in [7, 11) is 0. The molecule has 2 amide bonds. The van der Waals surface area contributed by atoms with Gasteiger partial charge in [0, 0.05) is 37.0 Å². The number of amides is 2. The number of hydrogen-bond acceptors (Lipinski definition) is 6. The van der Waals surface area contributed by atoms with Crippen LogP contribution in [-0.4, -0.2) is 61.3 Å². The summed E-state index contributed by atoms with van der Waals surface area (Å²) in [4.78, 5) is 27.7. The van der Waals surface area contributed by atoms with Gasteiger partial charge >= 0.3 is 0 Å². The van der Waals surface area contributed by atoms with E-state index in [1.165, 1.54) is 0 Å². The average molecular weight is 492 g/mol. The fourth-order valence-corrected chi connectivity index (χ4v) is 5.17. The predicted molar refractivity (Wildman–Crippen MR) is 135 cm³/mol. The van der Waals surface area contributed by atoms with Crippen molar-refractivity contribution >= 4 is 22.8 Å². The minimum Gasteiger partial charge on any atom is -0.492 e. The fraction of sp³-hybridized carbons (Fsp3) is 0.464. The van der Waals surface area contributed by atoms with Gasteiger partial charge in [0.1, 0.15) is 11.4 Å². The Labute approximate surface area is 210 Å². The molecule has 3 heterocycles. The molecule has 0 atom stereocenters. The van der Waals surface area contributed by atoms with Crippen molar-refractivity contribution in [3.05, 3.63) is 59.8 Å². The van der Waals surface area contributed by atoms with E-state index in [1.807, 2.05) is 47.4 Å². The van der Waals surface area contributed by atoms with E-state index in [1.54, 1.807) is 6.07 Å². The third-order valence-corrected chi connectivity index (χ3v) is 7.39. The van der Waals surface area contributed by atoms with E-state index >= 15 is 0 Å². The molecule has 8 heteroatoms. The standard InChI is InChI=1S/C28H33N3O5/c32-26(19-23-21-7-1-4-10-25(21)36-30-23)31-15-12-28(13-16-31)11-5-6-17-34-18-14-29-27(33)22-8-2-3-9-24(22)35-20-28/h1-4,7-10H,5-6,11-20H2,(H,29,33). The molecule has 1 spiro atoms. The zero-order chi connectivity index (χ0) is 24.8. The maximum absolute atomic E-state index is 13.1. The van der Waals surface area contributed by atoms with E-state index in [0.717, 1.165) is 37.5 Å². The molecular weight excluding hydrogens is 458 g/mol. The number of rotatable bonds is 2. The zero-order valence-corrected chi connectivity index (χ0v) is 20.5. The van der Waals surface area contributed by atoms with E-state index < -0.39 is 0 Å². The second-order valence-corrected chi connectivity index (χ2v) is 9.79. The topological polar surface area (TPSA) is 93.9 Å². The van der Waals surface area contributed by atoms with Gasteiger partial charge < -0.3 is 24.2 Å². The van der Waals surface area contributed by atoms with Crippen LogP contribution in [0.4, 0.5) is 0 Å². The number of carbonyl (C=O) groups excluding carboxylic acids is 2. The average Bonchev–Trinajstić information content (AvgIpc) is 3.32. The monoisotopic (exact) mass is 491 g/mol. The van der Waals surface area contributed by atoms with Crippen LogP contribution in [0.25, 0.3) is 11.0 Å². The quantitative estimate of drug-likeness (QED) is 0.583. The lowest BCUT2D eigenvalue weighted by Gasteiger charge is -2.42. The number of hydrogen-bond donors (Lipinski definition) is 1. The summed E-state index contributed by atoms with van der Waals surface area (Å²) < 4.78 is 17.4. The number of nitrogens with zero attached hydrogens (tertiary/aromatic N) is 2. The predicted octanol–water partition coefficient (Wildman–Crippen LogP) is 3.99. The maximum Gasteiger partial charge on any atom is 0.255 e. The van der Waals surface area contributed by atoms with Gasteiger partial charge in [-0.05, 0) is 49.9 Å². The molecule has 190 valence electrons. The van der Waals surface area contributed by atoms with Gasteiger partial charge in [0.15, 0.2) is 5.58 Å². The first-order valence-electron chi connectivity index (χ1n) is 12.8. The van der Waals surface area contributed by atoms with Gasteiger partial charge in [-0.15, -0.1) is 0 Å². The fourth-order valence-electron chi connectivity index (χ4n) is 5.17. The smallest absolute Gasteiger partial charge is 0.255 e. The molecule has 1 fully saturated rings. The van der Waals surface area contributed by atoms with Gasteiger partial charge in [0.2, 0.25) is 5.91 Å². The summed E-state index contributed by atoms with van der Waals surface area (Å²) in [6, 6.07) is 15.0. The molecule has 36 heavy (non-hydrogen) atoms. The van der Waals surface area contributed by atoms with E-state index in [2.05, 4.69) is 10.5 Å². The molecule has 8 nitrogen and oxygen atoms in total. The highest BCUT2D eigenvalue weighted by Gasteiger charge is 2.37. The van der Waals surface area contributed by atoms with Crippen LogP contribution in [0.2, 0.25) is 0 Å². The van der Waals surface area contributed by atoms with E-state index in [4.69, 9.17) is 14.0 Å². The van der Waals surface area contributed by atoms with Crippen molar-refractivity contribution in [2.75, 3.05) is 39.5 Å². The number of aromatic nitrogens is 1. The van der Waals surface area contributed by atoms with Crippen molar-refractivity contribution in [2.24, 2.45) is 5.41 Å². The lowest BCUT2D eigenvalue weighted by atomic mass is 9.75. The van der Waals surface area contributed by atoms with Crippen LogP contribution in [0.15, 0.2) is 53.1 Å². The summed E-state index contributed by atoms with van der Waals surface area (Å²) >= 11 is 0. The van der Waals surface area contributed by atoms with Crippen LogP contribution < -0.4 is 10.1 Å². The second-order valence-electron chi connectivity index (χ2n) is 9.79. The van der Waals surface area contributed by atoms with Crippen LogP contribution >= 0.6 is 0 Å². The van der Waals surface area contributed by atoms with E-state index in [9.17, 15) is 9.59 Å². The summed E-state index contributed by atoms with van der Waals surface area (Å²) in [6.45, 7) is 3.53. The lowest BCUT2D eigenvalue weighted by molar-refractivity contribution is -0.133. The molecule has 0 unspecified atom stereocenters. The first-order valence-corrected chi connectivity index (χ1v) is 12.8. The van der Waals surface area contributed by atoms with Crippen molar-refractivity contribution in [3.63, 3.8) is 0 Å². The molecule has 2 aliphatic heterocycles. The molecule has 3 aromatic rings. The molecule has 5 rings (SSSR count). The Morgan fingerprint density at radius 1 is 1.00 bits per heavy atom. The van der Waals surface area contributed by atoms with Crippen molar-refractivity contribution in [3.8, 4) is 5.75 Å². The highest BCUT2D eigenvalue weighted by molar-refractivity contribution is 5.96. The molecule has 0 saturated carbocycles. The number of likely N-dealkylation sites (tertiary alicyclic amines) is 1. The Hall–Kier alpha value is -3.39. The largest absolute Gasteiger partial charge is 0.492 e. The number of para-hydroxylation sites is 2. The number of fused-ring (bicyclic) bond motifs is 2. The summed E-state index contributed by atoms with van der Waals surface area (Å²) in [5.41, 5.74) is 1.88. The highest BCUT2D eigenvalue weighted by atomic mass is 16.5. The number of nitrogens with one attached hydrogen (secondary N) is 1. The summed E-state index contributed by atoms with van der Waals surface area (Å²) in [5.74, 6) is 0.519. The van der Waals surface area contributed by atoms with Crippen molar-refractivity contribution in [1.29, 1.82) is 0 Å². The molecule has 1 aromatic heterocycles. The molecule has 0 radical (unpaired) electrons. The lowest BCUT2D eigenvalue weighted by Crippen LogP contribution is -2.46. The molecule has 0 aliphatic carbocycles. The highest BCUT2D eigenvalue weighted by Crippen LogP contribution is 2.38. The van der Waals surface area contributed by atoms with Gasteiger partial charge in [0.25, 0.3) is 5.91 Å². The second kappa shape index (κ2) is 11.1. The van der Waals surface area contributed by atoms with Crippen LogP contribution in [-0.2, 0) is 16.0 Å².